The number of halogens is 1. The Kier molecular flexibility index (Phi) is 6.78. The highest BCUT2D eigenvalue weighted by Gasteiger charge is 2.15. The van der Waals surface area contributed by atoms with Crippen LogP contribution in [0.3, 0.4) is 0 Å². The van der Waals surface area contributed by atoms with Crippen LogP contribution in [0.1, 0.15) is 21.5 Å². The fourth-order valence-electron chi connectivity index (χ4n) is 2.80. The molecule has 0 saturated carbocycles. The number of hydrazone groups is 1. The van der Waals surface area contributed by atoms with E-state index in [4.69, 9.17) is 16.3 Å². The summed E-state index contributed by atoms with van der Waals surface area (Å²) in [7, 11) is 1.33. The van der Waals surface area contributed by atoms with Crippen LogP contribution in [0.2, 0.25) is 5.02 Å². The maximum Gasteiger partial charge on any atom is 0.311 e. The molecule has 1 amide bonds. The average molecular weight is 441 g/mol. The molecule has 1 heterocycles. The lowest BCUT2D eigenvalue weighted by Gasteiger charge is -2.09. The van der Waals surface area contributed by atoms with E-state index in [0.29, 0.717) is 10.6 Å². The molecule has 10 heteroatoms. The van der Waals surface area contributed by atoms with Crippen LogP contribution in [0.15, 0.2) is 70.7 Å². The van der Waals surface area contributed by atoms with Crippen LogP contribution in [-0.4, -0.2) is 28.7 Å². The van der Waals surface area contributed by atoms with Gasteiger partial charge in [0.2, 0.25) is 0 Å². The average Bonchev–Trinajstić information content (AvgIpc) is 2.76. The predicted molar refractivity (Wildman–Crippen MR) is 116 cm³/mol. The zero-order valence-corrected chi connectivity index (χ0v) is 17.1. The molecule has 9 nitrogen and oxygen atoms in total. The molecule has 0 atom stereocenters. The Bertz CT molecular complexity index is 1220. The SMILES string of the molecule is COc1ccc(/C=N\NC(=O)c2cccn(Cc3ccccc3Cl)c2=O)cc1[N+](=O)[O-]. The zero-order chi connectivity index (χ0) is 22.4. The number of nitro benzene ring substituents is 1. The first kappa shape index (κ1) is 21.7. The summed E-state index contributed by atoms with van der Waals surface area (Å²) < 4.78 is 6.30. The largest absolute Gasteiger partial charge is 0.490 e. The van der Waals surface area contributed by atoms with E-state index in [9.17, 15) is 19.7 Å². The van der Waals surface area contributed by atoms with Gasteiger partial charge in [-0.1, -0.05) is 29.8 Å². The Morgan fingerprint density at radius 1 is 1.26 bits per heavy atom. The van der Waals surface area contributed by atoms with Gasteiger partial charge in [-0.3, -0.25) is 19.7 Å². The van der Waals surface area contributed by atoms with Crippen LogP contribution in [-0.2, 0) is 6.54 Å². The number of pyridine rings is 1. The molecule has 2 aromatic carbocycles. The smallest absolute Gasteiger partial charge is 0.311 e. The highest BCUT2D eigenvalue weighted by atomic mass is 35.5. The Balaban J connectivity index is 1.76. The Hall–Kier alpha value is -3.98. The number of hydrogen-bond donors (Lipinski definition) is 1. The van der Waals surface area contributed by atoms with Gasteiger partial charge in [0, 0.05) is 22.8 Å². The maximum absolute atomic E-state index is 12.7. The van der Waals surface area contributed by atoms with E-state index in [-0.39, 0.29) is 23.5 Å². The van der Waals surface area contributed by atoms with E-state index in [1.807, 2.05) is 0 Å². The number of rotatable bonds is 7. The molecule has 0 bridgehead atoms. The van der Waals surface area contributed by atoms with Gasteiger partial charge in [0.05, 0.1) is 24.8 Å². The van der Waals surface area contributed by atoms with Crippen LogP contribution in [0.25, 0.3) is 0 Å². The molecular formula is C21H17ClN4O5. The summed E-state index contributed by atoms with van der Waals surface area (Å²) in [6.45, 7) is 0.207. The third-order valence-electron chi connectivity index (χ3n) is 4.34. The number of benzene rings is 2. The first-order chi connectivity index (χ1) is 14.9. The number of methoxy groups -OCH3 is 1. The molecule has 0 radical (unpaired) electrons. The molecule has 0 saturated heterocycles. The van der Waals surface area contributed by atoms with Crippen molar-refractivity contribution in [3.05, 3.63) is 103 Å². The van der Waals surface area contributed by atoms with E-state index in [1.165, 1.54) is 36.1 Å². The number of nitrogens with one attached hydrogen (secondary N) is 1. The minimum Gasteiger partial charge on any atom is -0.490 e. The van der Waals surface area contributed by atoms with Crippen LogP contribution < -0.4 is 15.7 Å². The van der Waals surface area contributed by atoms with Gasteiger partial charge in [-0.2, -0.15) is 5.10 Å². The third-order valence-corrected chi connectivity index (χ3v) is 4.71. The number of carbonyl (C=O) groups excluding carboxylic acids is 1. The number of nitro groups is 1. The van der Waals surface area contributed by atoms with E-state index in [0.717, 1.165) is 5.56 Å². The second-order valence-corrected chi connectivity index (χ2v) is 6.74. The number of nitrogens with zero attached hydrogens (tertiary/aromatic N) is 3. The van der Waals surface area contributed by atoms with E-state index in [2.05, 4.69) is 10.5 Å². The minimum atomic E-state index is -0.710. The minimum absolute atomic E-state index is 0.104. The second-order valence-electron chi connectivity index (χ2n) is 6.33. The van der Waals surface area contributed by atoms with E-state index in [1.54, 1.807) is 42.6 Å². The molecular weight excluding hydrogens is 424 g/mol. The zero-order valence-electron chi connectivity index (χ0n) is 16.3. The number of hydrogen-bond acceptors (Lipinski definition) is 6. The highest BCUT2D eigenvalue weighted by molar-refractivity contribution is 6.31. The number of aromatic nitrogens is 1. The maximum atomic E-state index is 12.7. The van der Waals surface area contributed by atoms with Crippen molar-refractivity contribution in [2.24, 2.45) is 5.10 Å². The monoisotopic (exact) mass is 440 g/mol. The summed E-state index contributed by atoms with van der Waals surface area (Å²) >= 11 is 6.14. The van der Waals surface area contributed by atoms with Crippen molar-refractivity contribution in [3.63, 3.8) is 0 Å². The topological polar surface area (TPSA) is 116 Å². The Labute approximate surface area is 181 Å². The molecule has 158 valence electrons. The van der Waals surface area contributed by atoms with Crippen molar-refractivity contribution in [2.75, 3.05) is 7.11 Å². The van der Waals surface area contributed by atoms with Gasteiger partial charge in [0.15, 0.2) is 5.75 Å². The van der Waals surface area contributed by atoms with Crippen molar-refractivity contribution < 1.29 is 14.5 Å². The molecule has 3 rings (SSSR count). The van der Waals surface area contributed by atoms with Crippen LogP contribution in [0, 0.1) is 10.1 Å². The van der Waals surface area contributed by atoms with Gasteiger partial charge in [-0.15, -0.1) is 0 Å². The molecule has 3 aromatic rings. The first-order valence-electron chi connectivity index (χ1n) is 8.99. The van der Waals surface area contributed by atoms with Gasteiger partial charge in [-0.25, -0.2) is 5.43 Å². The molecule has 0 aliphatic carbocycles. The van der Waals surface area contributed by atoms with Crippen LogP contribution in [0.5, 0.6) is 5.75 Å². The fourth-order valence-corrected chi connectivity index (χ4v) is 3.00. The lowest BCUT2D eigenvalue weighted by atomic mass is 10.2. The quantitative estimate of drug-likeness (QED) is 0.344. The Morgan fingerprint density at radius 2 is 2.03 bits per heavy atom. The van der Waals surface area contributed by atoms with E-state index >= 15 is 0 Å². The van der Waals surface area contributed by atoms with Gasteiger partial charge in [0.25, 0.3) is 11.5 Å². The molecule has 0 unspecified atom stereocenters. The van der Waals surface area contributed by atoms with Crippen molar-refractivity contribution in [1.82, 2.24) is 9.99 Å². The summed E-state index contributed by atoms with van der Waals surface area (Å²) in [5.41, 5.74) is 2.53. The van der Waals surface area contributed by atoms with Gasteiger partial charge >= 0.3 is 5.69 Å². The predicted octanol–water partition coefficient (Wildman–Crippen LogP) is 3.23. The third kappa shape index (κ3) is 5.14. The van der Waals surface area contributed by atoms with Crippen LogP contribution in [0.4, 0.5) is 5.69 Å². The molecule has 1 aromatic heterocycles. The standard InChI is InChI=1S/C21H17ClN4O5/c1-31-19-9-8-14(11-18(19)26(29)30)12-23-24-20(27)16-6-4-10-25(21(16)28)13-15-5-2-3-7-17(15)22/h2-12H,13H2,1H3,(H,24,27)/b23-12-. The normalized spacial score (nSPS) is 10.8. The van der Waals surface area contributed by atoms with Gasteiger partial charge < -0.3 is 9.30 Å². The summed E-state index contributed by atoms with van der Waals surface area (Å²) in [5, 5.41) is 15.4. The summed E-state index contributed by atoms with van der Waals surface area (Å²) in [6, 6.07) is 14.3. The van der Waals surface area contributed by atoms with Crippen molar-refractivity contribution in [2.45, 2.75) is 6.54 Å². The summed E-state index contributed by atoms with van der Waals surface area (Å²) in [4.78, 5) is 35.6. The van der Waals surface area contributed by atoms with Crippen molar-refractivity contribution >= 4 is 29.4 Å². The van der Waals surface area contributed by atoms with Crippen molar-refractivity contribution in [1.29, 1.82) is 0 Å². The second kappa shape index (κ2) is 9.68. The summed E-state index contributed by atoms with van der Waals surface area (Å²) in [6.07, 6.45) is 2.79. The van der Waals surface area contributed by atoms with Gasteiger partial charge in [-0.05, 0) is 35.9 Å². The molecule has 31 heavy (non-hydrogen) atoms. The molecule has 0 spiro atoms. The number of ether oxygens (including phenoxy) is 1. The lowest BCUT2D eigenvalue weighted by Crippen LogP contribution is -2.31. The van der Waals surface area contributed by atoms with Gasteiger partial charge in [0.1, 0.15) is 5.56 Å². The molecule has 0 fully saturated rings. The van der Waals surface area contributed by atoms with Crippen LogP contribution >= 0.6 is 11.6 Å². The fraction of sp³-hybridized carbons (Fsp3) is 0.0952. The highest BCUT2D eigenvalue weighted by Crippen LogP contribution is 2.26. The first-order valence-corrected chi connectivity index (χ1v) is 9.37. The molecule has 0 aliphatic heterocycles. The molecule has 1 N–H and O–H groups in total. The number of amides is 1. The van der Waals surface area contributed by atoms with E-state index < -0.39 is 16.4 Å². The Morgan fingerprint density at radius 3 is 2.74 bits per heavy atom. The summed E-state index contributed by atoms with van der Waals surface area (Å²) in [5.74, 6) is -0.604. The van der Waals surface area contributed by atoms with Crippen molar-refractivity contribution in [3.8, 4) is 5.75 Å². The number of carbonyl (C=O) groups is 1. The lowest BCUT2D eigenvalue weighted by molar-refractivity contribution is -0.385. The molecule has 0 aliphatic rings.